The van der Waals surface area contributed by atoms with Crippen LogP contribution in [0, 0.1) is 6.92 Å². The summed E-state index contributed by atoms with van der Waals surface area (Å²) in [4.78, 5) is 14.9. The zero-order valence-corrected chi connectivity index (χ0v) is 13.0. The number of aromatic nitrogens is 4. The van der Waals surface area contributed by atoms with Gasteiger partial charge in [-0.3, -0.25) is 4.79 Å². The molecule has 4 aromatic rings. The van der Waals surface area contributed by atoms with Crippen molar-refractivity contribution in [2.45, 2.75) is 6.92 Å². The van der Waals surface area contributed by atoms with Crippen molar-refractivity contribution in [1.82, 2.24) is 19.2 Å². The third kappa shape index (κ3) is 2.44. The summed E-state index contributed by atoms with van der Waals surface area (Å²) in [5.41, 5.74) is 5.17. The highest BCUT2D eigenvalue weighted by Crippen LogP contribution is 2.26. The Morgan fingerprint density at radius 3 is 2.88 bits per heavy atom. The fourth-order valence-electron chi connectivity index (χ4n) is 2.77. The first-order valence-corrected chi connectivity index (χ1v) is 7.54. The minimum atomic E-state index is 0.532. The average molecular weight is 317 g/mol. The van der Waals surface area contributed by atoms with Crippen molar-refractivity contribution in [3.8, 4) is 16.8 Å². The molecule has 3 heterocycles. The van der Waals surface area contributed by atoms with Gasteiger partial charge in [0.05, 0.1) is 11.9 Å². The second-order valence-electron chi connectivity index (χ2n) is 5.52. The van der Waals surface area contributed by atoms with Crippen molar-refractivity contribution in [3.05, 3.63) is 66.7 Å². The number of anilines is 1. The van der Waals surface area contributed by atoms with Gasteiger partial charge < -0.3 is 9.72 Å². The summed E-state index contributed by atoms with van der Waals surface area (Å²) in [6.07, 6.45) is 8.11. The van der Waals surface area contributed by atoms with Crippen molar-refractivity contribution >= 4 is 17.9 Å². The Hall–Kier alpha value is -3.41. The normalized spacial score (nSPS) is 10.9. The highest BCUT2D eigenvalue weighted by Gasteiger charge is 2.08. The summed E-state index contributed by atoms with van der Waals surface area (Å²) < 4.78 is 3.74. The van der Waals surface area contributed by atoms with Crippen molar-refractivity contribution in [2.75, 3.05) is 5.32 Å². The first-order valence-electron chi connectivity index (χ1n) is 7.54. The fraction of sp³-hybridized carbons (Fsp3) is 0.0556. The van der Waals surface area contributed by atoms with Crippen LogP contribution in [0.1, 0.15) is 5.56 Å². The van der Waals surface area contributed by atoms with Crippen LogP contribution in [0.3, 0.4) is 0 Å². The fourth-order valence-corrected chi connectivity index (χ4v) is 2.77. The molecule has 1 amide bonds. The van der Waals surface area contributed by atoms with E-state index in [4.69, 9.17) is 0 Å². The van der Waals surface area contributed by atoms with Crippen LogP contribution in [0.25, 0.3) is 22.5 Å². The standard InChI is InChI=1S/C18H15N5O/c1-13-3-5-15(23-8-2-7-20-23)9-16(13)14-4-6-18-21-17(19-12-24)11-22(18)10-14/h2-12H,1H3,(H,19,24). The zero-order chi connectivity index (χ0) is 16.5. The van der Waals surface area contributed by atoms with E-state index in [1.807, 2.05) is 45.7 Å². The largest absolute Gasteiger partial charge is 0.312 e. The molecule has 0 saturated carbocycles. The maximum absolute atomic E-state index is 10.6. The maximum Gasteiger partial charge on any atom is 0.212 e. The molecule has 1 N–H and O–H groups in total. The quantitative estimate of drug-likeness (QED) is 0.588. The molecular formula is C18H15N5O. The molecule has 0 fully saturated rings. The Bertz CT molecular complexity index is 1020. The molecule has 0 bridgehead atoms. The van der Waals surface area contributed by atoms with Crippen LogP contribution in [-0.2, 0) is 4.79 Å². The molecule has 24 heavy (non-hydrogen) atoms. The summed E-state index contributed by atoms with van der Waals surface area (Å²) in [7, 11) is 0. The lowest BCUT2D eigenvalue weighted by atomic mass is 10.0. The van der Waals surface area contributed by atoms with E-state index in [-0.39, 0.29) is 0 Å². The Morgan fingerprint density at radius 2 is 2.08 bits per heavy atom. The lowest BCUT2D eigenvalue weighted by Gasteiger charge is -2.10. The Kier molecular flexibility index (Phi) is 3.35. The molecule has 6 nitrogen and oxygen atoms in total. The molecule has 4 rings (SSSR count). The predicted octanol–water partition coefficient (Wildman–Crippen LogP) is 3.06. The van der Waals surface area contributed by atoms with Crippen LogP contribution >= 0.6 is 0 Å². The predicted molar refractivity (Wildman–Crippen MR) is 92.2 cm³/mol. The van der Waals surface area contributed by atoms with E-state index in [0.717, 1.165) is 22.5 Å². The topological polar surface area (TPSA) is 64.2 Å². The number of benzene rings is 1. The van der Waals surface area contributed by atoms with Crippen molar-refractivity contribution in [1.29, 1.82) is 0 Å². The van der Waals surface area contributed by atoms with Gasteiger partial charge in [-0.15, -0.1) is 0 Å². The van der Waals surface area contributed by atoms with Crippen molar-refractivity contribution in [3.63, 3.8) is 0 Å². The molecule has 0 unspecified atom stereocenters. The summed E-state index contributed by atoms with van der Waals surface area (Å²) in [6, 6.07) is 12.1. The van der Waals surface area contributed by atoms with Gasteiger partial charge in [-0.2, -0.15) is 5.10 Å². The number of hydrogen-bond acceptors (Lipinski definition) is 3. The van der Waals surface area contributed by atoms with Crippen LogP contribution in [0.2, 0.25) is 0 Å². The number of imidazole rings is 1. The second-order valence-corrected chi connectivity index (χ2v) is 5.52. The maximum atomic E-state index is 10.6. The molecule has 3 aromatic heterocycles. The molecular weight excluding hydrogens is 302 g/mol. The van der Waals surface area contributed by atoms with Crippen LogP contribution in [0.15, 0.2) is 61.2 Å². The van der Waals surface area contributed by atoms with E-state index in [1.165, 1.54) is 5.56 Å². The van der Waals surface area contributed by atoms with E-state index in [0.29, 0.717) is 12.2 Å². The zero-order valence-electron chi connectivity index (χ0n) is 13.0. The number of nitrogens with one attached hydrogen (secondary N) is 1. The smallest absolute Gasteiger partial charge is 0.212 e. The van der Waals surface area contributed by atoms with E-state index in [9.17, 15) is 4.79 Å². The number of nitrogens with zero attached hydrogens (tertiary/aromatic N) is 4. The highest BCUT2D eigenvalue weighted by molar-refractivity contribution is 5.73. The van der Waals surface area contributed by atoms with Gasteiger partial charge in [0.1, 0.15) is 5.65 Å². The van der Waals surface area contributed by atoms with Crippen LogP contribution in [-0.4, -0.2) is 25.6 Å². The van der Waals surface area contributed by atoms with Crippen LogP contribution < -0.4 is 5.32 Å². The molecule has 6 heteroatoms. The number of carbonyl (C=O) groups excluding carboxylic acids is 1. The van der Waals surface area contributed by atoms with Gasteiger partial charge in [-0.25, -0.2) is 9.67 Å². The van der Waals surface area contributed by atoms with E-state index in [2.05, 4.69) is 34.5 Å². The van der Waals surface area contributed by atoms with Crippen LogP contribution in [0.4, 0.5) is 5.82 Å². The summed E-state index contributed by atoms with van der Waals surface area (Å²) in [5.74, 6) is 0.532. The lowest BCUT2D eigenvalue weighted by Crippen LogP contribution is -1.96. The van der Waals surface area contributed by atoms with Gasteiger partial charge in [0, 0.05) is 18.6 Å². The summed E-state index contributed by atoms with van der Waals surface area (Å²) in [5, 5.41) is 6.86. The van der Waals surface area contributed by atoms with E-state index >= 15 is 0 Å². The minimum absolute atomic E-state index is 0.532. The van der Waals surface area contributed by atoms with E-state index in [1.54, 1.807) is 12.4 Å². The Labute approximate surface area is 138 Å². The first-order chi connectivity index (χ1) is 11.7. The van der Waals surface area contributed by atoms with Gasteiger partial charge in [-0.05, 0) is 53.9 Å². The van der Waals surface area contributed by atoms with Gasteiger partial charge in [-0.1, -0.05) is 6.07 Å². The van der Waals surface area contributed by atoms with Crippen LogP contribution in [0.5, 0.6) is 0 Å². The van der Waals surface area contributed by atoms with Crippen molar-refractivity contribution in [2.24, 2.45) is 0 Å². The molecule has 0 aliphatic heterocycles. The number of hydrogen-bond donors (Lipinski definition) is 1. The molecule has 0 radical (unpaired) electrons. The third-order valence-electron chi connectivity index (χ3n) is 3.96. The monoisotopic (exact) mass is 317 g/mol. The molecule has 0 aliphatic rings. The SMILES string of the molecule is Cc1ccc(-n2cccn2)cc1-c1ccc2nc(NC=O)cn2c1. The number of amides is 1. The molecule has 0 aliphatic carbocycles. The van der Waals surface area contributed by atoms with E-state index < -0.39 is 0 Å². The van der Waals surface area contributed by atoms with Gasteiger partial charge in [0.15, 0.2) is 5.82 Å². The molecule has 0 saturated heterocycles. The Morgan fingerprint density at radius 1 is 1.17 bits per heavy atom. The first kappa shape index (κ1) is 14.2. The highest BCUT2D eigenvalue weighted by atomic mass is 16.1. The summed E-state index contributed by atoms with van der Waals surface area (Å²) in [6.45, 7) is 2.08. The average Bonchev–Trinajstić information content (AvgIpc) is 3.24. The molecule has 0 atom stereocenters. The molecule has 118 valence electrons. The number of pyridine rings is 1. The van der Waals surface area contributed by atoms with Gasteiger partial charge in [0.2, 0.25) is 6.41 Å². The van der Waals surface area contributed by atoms with Gasteiger partial charge in [0.25, 0.3) is 0 Å². The minimum Gasteiger partial charge on any atom is -0.312 e. The second kappa shape index (κ2) is 5.66. The molecule has 0 spiro atoms. The van der Waals surface area contributed by atoms with Gasteiger partial charge >= 0.3 is 0 Å². The summed E-state index contributed by atoms with van der Waals surface area (Å²) >= 11 is 0. The lowest BCUT2D eigenvalue weighted by molar-refractivity contribution is -0.105. The molecule has 1 aromatic carbocycles. The number of rotatable bonds is 4. The van der Waals surface area contributed by atoms with Crippen molar-refractivity contribution < 1.29 is 4.79 Å². The third-order valence-corrected chi connectivity index (χ3v) is 3.96. The number of carbonyl (C=O) groups is 1. The number of fused-ring (bicyclic) bond motifs is 1. The number of aryl methyl sites for hydroxylation is 1. The Balaban J connectivity index is 1.81.